The smallest absolute Gasteiger partial charge is 0.286 e. The summed E-state index contributed by atoms with van der Waals surface area (Å²) in [6.45, 7) is 0. The Kier molecular flexibility index (Phi) is 4.40. The van der Waals surface area contributed by atoms with Crippen molar-refractivity contribution >= 4 is 40.1 Å². The van der Waals surface area contributed by atoms with Gasteiger partial charge in [-0.15, -0.1) is 0 Å². The minimum absolute atomic E-state index is 0.0335. The Morgan fingerprint density at radius 2 is 1.70 bits per heavy atom. The van der Waals surface area contributed by atoms with E-state index in [2.05, 4.69) is 5.32 Å². The number of halogens is 1. The van der Waals surface area contributed by atoms with Crippen molar-refractivity contribution < 1.29 is 14.0 Å². The summed E-state index contributed by atoms with van der Waals surface area (Å²) < 4.78 is 5.57. The van der Waals surface area contributed by atoms with Crippen LogP contribution in [0.3, 0.4) is 0 Å². The van der Waals surface area contributed by atoms with Crippen molar-refractivity contribution in [3.8, 4) is 0 Å². The van der Waals surface area contributed by atoms with E-state index >= 15 is 0 Å². The summed E-state index contributed by atoms with van der Waals surface area (Å²) in [5, 5.41) is 4.23. The molecule has 3 aromatic rings. The van der Waals surface area contributed by atoms with Crippen molar-refractivity contribution in [3.63, 3.8) is 0 Å². The van der Waals surface area contributed by atoms with Crippen LogP contribution in [0.4, 0.5) is 5.69 Å². The van der Waals surface area contributed by atoms with E-state index in [-0.39, 0.29) is 11.7 Å². The lowest BCUT2D eigenvalue weighted by molar-refractivity contribution is -0.121. The molecule has 2 aromatic carbocycles. The molecule has 0 bridgehead atoms. The maximum atomic E-state index is 13.4. The average Bonchev–Trinajstić information content (AvgIpc) is 3.29. The summed E-state index contributed by atoms with van der Waals surface area (Å²) in [6, 6.07) is 14.5. The fraction of sp³-hybridized carbons (Fsp3) is 0.238. The van der Waals surface area contributed by atoms with Crippen LogP contribution in [0.2, 0.25) is 5.02 Å². The highest BCUT2D eigenvalue weighted by molar-refractivity contribution is 6.30. The predicted molar refractivity (Wildman–Crippen MR) is 105 cm³/mol. The van der Waals surface area contributed by atoms with E-state index in [1.807, 2.05) is 18.2 Å². The molecule has 1 heterocycles. The van der Waals surface area contributed by atoms with Crippen LogP contribution in [-0.4, -0.2) is 11.8 Å². The van der Waals surface area contributed by atoms with Gasteiger partial charge >= 0.3 is 0 Å². The molecule has 138 valence electrons. The number of carbonyl (C=O) groups is 2. The molecule has 6 heteroatoms. The molecule has 0 atom stereocenters. The number of carbonyl (C=O) groups excluding carboxylic acids is 2. The van der Waals surface area contributed by atoms with Gasteiger partial charge in [-0.2, -0.15) is 0 Å². The van der Waals surface area contributed by atoms with Gasteiger partial charge in [-0.25, -0.2) is 0 Å². The Labute approximate surface area is 161 Å². The van der Waals surface area contributed by atoms with Gasteiger partial charge in [0.1, 0.15) is 11.3 Å². The molecule has 0 aliphatic heterocycles. The zero-order chi connectivity index (χ0) is 19.0. The third kappa shape index (κ3) is 2.98. The van der Waals surface area contributed by atoms with E-state index in [9.17, 15) is 9.59 Å². The van der Waals surface area contributed by atoms with E-state index in [4.69, 9.17) is 21.8 Å². The second kappa shape index (κ2) is 6.74. The Morgan fingerprint density at radius 3 is 2.37 bits per heavy atom. The Bertz CT molecular complexity index is 1020. The highest BCUT2D eigenvalue weighted by atomic mass is 35.5. The SMILES string of the molecule is NC(=O)c1oc2ccccc2c1NC(=O)C1(c2ccc(Cl)cc2)CCCC1. The highest BCUT2D eigenvalue weighted by Gasteiger charge is 2.43. The van der Waals surface area contributed by atoms with Crippen molar-refractivity contribution in [1.29, 1.82) is 0 Å². The first-order chi connectivity index (χ1) is 13.0. The van der Waals surface area contributed by atoms with Crippen LogP contribution in [0.1, 0.15) is 41.8 Å². The number of primary amides is 1. The van der Waals surface area contributed by atoms with Crippen LogP contribution in [0.15, 0.2) is 52.9 Å². The molecule has 1 saturated carbocycles. The number of benzene rings is 2. The van der Waals surface area contributed by atoms with Crippen molar-refractivity contribution in [2.45, 2.75) is 31.1 Å². The lowest BCUT2D eigenvalue weighted by Gasteiger charge is -2.28. The number of nitrogens with two attached hydrogens (primary N) is 1. The number of nitrogens with one attached hydrogen (secondary N) is 1. The summed E-state index contributed by atoms with van der Waals surface area (Å²) >= 11 is 6.02. The summed E-state index contributed by atoms with van der Waals surface area (Å²) in [5.41, 5.74) is 6.59. The number of anilines is 1. The standard InChI is InChI=1S/C21H19ClN2O3/c22-14-9-7-13(8-10-14)21(11-3-4-12-21)20(26)24-17-15-5-1-2-6-16(15)27-18(17)19(23)25/h1-2,5-10H,3-4,11-12H2,(H2,23,25)(H,24,26). The fourth-order valence-corrected chi connectivity index (χ4v) is 4.10. The van der Waals surface area contributed by atoms with Crippen LogP contribution in [0, 0.1) is 0 Å². The average molecular weight is 383 g/mol. The first-order valence-corrected chi connectivity index (χ1v) is 9.28. The van der Waals surface area contributed by atoms with Crippen molar-refractivity contribution in [1.82, 2.24) is 0 Å². The molecule has 3 N–H and O–H groups in total. The molecule has 1 fully saturated rings. The molecule has 1 aliphatic rings. The van der Waals surface area contributed by atoms with Gasteiger partial charge in [0.15, 0.2) is 0 Å². The molecule has 5 nitrogen and oxygen atoms in total. The lowest BCUT2D eigenvalue weighted by atomic mass is 9.78. The quantitative estimate of drug-likeness (QED) is 0.689. The molecule has 2 amide bonds. The van der Waals surface area contributed by atoms with Crippen LogP contribution < -0.4 is 11.1 Å². The Morgan fingerprint density at radius 1 is 1.04 bits per heavy atom. The second-order valence-electron chi connectivity index (χ2n) is 6.92. The summed E-state index contributed by atoms with van der Waals surface area (Å²) in [7, 11) is 0. The van der Waals surface area contributed by atoms with Crippen LogP contribution >= 0.6 is 11.6 Å². The number of hydrogen-bond donors (Lipinski definition) is 2. The van der Waals surface area contributed by atoms with Gasteiger partial charge in [0.05, 0.1) is 5.41 Å². The minimum atomic E-state index is -0.714. The first-order valence-electron chi connectivity index (χ1n) is 8.90. The van der Waals surface area contributed by atoms with Gasteiger partial charge in [-0.05, 0) is 42.7 Å². The lowest BCUT2D eigenvalue weighted by Crippen LogP contribution is -2.38. The van der Waals surface area contributed by atoms with E-state index < -0.39 is 11.3 Å². The van der Waals surface area contributed by atoms with Gasteiger partial charge in [0, 0.05) is 10.4 Å². The van der Waals surface area contributed by atoms with Crippen LogP contribution in [0.25, 0.3) is 11.0 Å². The van der Waals surface area contributed by atoms with Gasteiger partial charge in [0.25, 0.3) is 5.91 Å². The maximum Gasteiger partial charge on any atom is 0.286 e. The molecule has 0 unspecified atom stereocenters. The molecule has 0 saturated heterocycles. The predicted octanol–water partition coefficient (Wildman–Crippen LogP) is 4.64. The normalized spacial score (nSPS) is 15.7. The number of hydrogen-bond acceptors (Lipinski definition) is 3. The fourth-order valence-electron chi connectivity index (χ4n) is 3.97. The minimum Gasteiger partial charge on any atom is -0.449 e. The number of rotatable bonds is 4. The molecular weight excluding hydrogens is 364 g/mol. The topological polar surface area (TPSA) is 85.3 Å². The van der Waals surface area contributed by atoms with Crippen molar-refractivity contribution in [2.24, 2.45) is 5.73 Å². The van der Waals surface area contributed by atoms with Gasteiger partial charge < -0.3 is 15.5 Å². The monoisotopic (exact) mass is 382 g/mol. The van der Waals surface area contributed by atoms with E-state index in [0.717, 1.165) is 31.2 Å². The zero-order valence-electron chi connectivity index (χ0n) is 14.6. The second-order valence-corrected chi connectivity index (χ2v) is 7.35. The number of fused-ring (bicyclic) bond motifs is 1. The third-order valence-electron chi connectivity index (χ3n) is 5.35. The van der Waals surface area contributed by atoms with Gasteiger partial charge in [-0.3, -0.25) is 9.59 Å². The Hall–Kier alpha value is -2.79. The van der Waals surface area contributed by atoms with Crippen LogP contribution in [-0.2, 0) is 10.2 Å². The number of para-hydroxylation sites is 1. The summed E-state index contributed by atoms with van der Waals surface area (Å²) in [5.74, 6) is -0.904. The molecule has 4 rings (SSSR count). The first kappa shape index (κ1) is 17.6. The number of amides is 2. The summed E-state index contributed by atoms with van der Waals surface area (Å²) in [6.07, 6.45) is 3.40. The molecule has 1 aromatic heterocycles. The molecule has 1 aliphatic carbocycles. The third-order valence-corrected chi connectivity index (χ3v) is 5.60. The number of furan rings is 1. The molecule has 0 spiro atoms. The largest absolute Gasteiger partial charge is 0.449 e. The Balaban J connectivity index is 1.76. The summed E-state index contributed by atoms with van der Waals surface area (Å²) in [4.78, 5) is 25.2. The van der Waals surface area contributed by atoms with Crippen molar-refractivity contribution in [3.05, 3.63) is 64.9 Å². The molecule has 27 heavy (non-hydrogen) atoms. The van der Waals surface area contributed by atoms with Gasteiger partial charge in [-0.1, -0.05) is 48.7 Å². The molecular formula is C21H19ClN2O3. The van der Waals surface area contributed by atoms with E-state index in [0.29, 0.717) is 21.7 Å². The van der Waals surface area contributed by atoms with E-state index in [1.54, 1.807) is 30.3 Å². The zero-order valence-corrected chi connectivity index (χ0v) is 15.4. The van der Waals surface area contributed by atoms with E-state index in [1.165, 1.54) is 0 Å². The maximum absolute atomic E-state index is 13.4. The van der Waals surface area contributed by atoms with Crippen LogP contribution in [0.5, 0.6) is 0 Å². The molecule has 0 radical (unpaired) electrons. The van der Waals surface area contributed by atoms with Gasteiger partial charge in [0.2, 0.25) is 11.7 Å². The highest BCUT2D eigenvalue weighted by Crippen LogP contribution is 2.43. The van der Waals surface area contributed by atoms with Crippen molar-refractivity contribution in [2.75, 3.05) is 5.32 Å².